The quantitative estimate of drug-likeness (QED) is 0.0887. The van der Waals surface area contributed by atoms with Crippen molar-refractivity contribution in [3.05, 3.63) is 59.2 Å². The average Bonchev–Trinajstić information content (AvgIpc) is 2.88. The topological polar surface area (TPSA) is 135 Å². The highest BCUT2D eigenvalue weighted by atomic mass is 35.6. The number of hydrogen-bond donors (Lipinski definition) is 2. The van der Waals surface area contributed by atoms with Crippen molar-refractivity contribution in [2.24, 2.45) is 0 Å². The Hall–Kier alpha value is -1.70. The second-order valence-electron chi connectivity index (χ2n) is 9.08. The van der Waals surface area contributed by atoms with E-state index in [1.807, 2.05) is 24.3 Å². The maximum atomic E-state index is 13.6. The van der Waals surface area contributed by atoms with Gasteiger partial charge in [0.1, 0.15) is 23.9 Å². The maximum absolute atomic E-state index is 13.6. The summed E-state index contributed by atoms with van der Waals surface area (Å²) >= 11 is 33.4. The molecule has 2 aromatic carbocycles. The first kappa shape index (κ1) is 36.5. The summed E-state index contributed by atoms with van der Waals surface area (Å²) in [6.07, 6.45) is -2.10. The van der Waals surface area contributed by atoms with Crippen LogP contribution in [0.1, 0.15) is 36.5 Å². The average molecular weight is 726 g/mol. The number of rotatable bonds is 10. The molecule has 0 spiro atoms. The highest BCUT2D eigenvalue weighted by molar-refractivity contribution is 7.89. The highest BCUT2D eigenvalue weighted by Gasteiger charge is 2.29. The molecule has 42 heavy (non-hydrogen) atoms. The molecule has 0 aliphatic carbocycles. The molecule has 2 aromatic rings. The number of hydrogen-bond acceptors (Lipinski definition) is 8. The van der Waals surface area contributed by atoms with Gasteiger partial charge in [0, 0.05) is 19.2 Å². The van der Waals surface area contributed by atoms with E-state index in [2.05, 4.69) is 19.2 Å². The lowest BCUT2D eigenvalue weighted by Crippen LogP contribution is -2.33. The van der Waals surface area contributed by atoms with Crippen LogP contribution in [-0.4, -0.2) is 65.2 Å². The molecule has 0 atom stereocenters. The van der Waals surface area contributed by atoms with Gasteiger partial charge in [-0.25, -0.2) is 22.3 Å². The molecule has 2 N–H and O–H groups in total. The third-order valence-electron chi connectivity index (χ3n) is 5.42. The lowest BCUT2D eigenvalue weighted by molar-refractivity contribution is 0.0998. The Bertz CT molecular complexity index is 1380. The molecule has 0 unspecified atom stereocenters. The molecule has 0 aromatic heterocycles. The van der Waals surface area contributed by atoms with Crippen LogP contribution in [0.2, 0.25) is 0 Å². The first-order valence-corrected chi connectivity index (χ1v) is 15.7. The largest absolute Gasteiger partial charge is 0.514 e. The standard InChI is InChI=1S/C25H27Cl6N3O7S/c1-15(2)17-6-4-16(5-7-17)10-11-34(3)42(37,38)20-12-18(21(32)33-22(35)39-13-24(26,27)28)8-9-19(20)41-23(36)40-14-25(29,30)31/h4-9,12,15H,10-11,13-14H2,1-3H3,(H2,32,33,35). The fraction of sp³-hybridized carbons (Fsp3) is 0.400. The van der Waals surface area contributed by atoms with Gasteiger partial charge in [0.15, 0.2) is 5.75 Å². The number of nitrogens with one attached hydrogen (secondary N) is 2. The van der Waals surface area contributed by atoms with E-state index in [0.29, 0.717) is 12.3 Å². The summed E-state index contributed by atoms with van der Waals surface area (Å²) in [5.41, 5.74) is 1.97. The summed E-state index contributed by atoms with van der Waals surface area (Å²) in [5, 5.41) is 10.3. The minimum atomic E-state index is -4.34. The van der Waals surface area contributed by atoms with Crippen LogP contribution in [0.25, 0.3) is 0 Å². The monoisotopic (exact) mass is 723 g/mol. The van der Waals surface area contributed by atoms with Gasteiger partial charge in [-0.05, 0) is 41.7 Å². The van der Waals surface area contributed by atoms with Gasteiger partial charge in [-0.2, -0.15) is 0 Å². The number of benzene rings is 2. The maximum Gasteiger partial charge on any atom is 0.514 e. The third-order valence-corrected chi connectivity index (χ3v) is 7.96. The summed E-state index contributed by atoms with van der Waals surface area (Å²) in [6, 6.07) is 11.1. The summed E-state index contributed by atoms with van der Waals surface area (Å²) < 4.78 is 39.1. The third kappa shape index (κ3) is 12.1. The van der Waals surface area contributed by atoms with Crippen molar-refractivity contribution >= 4 is 97.7 Å². The van der Waals surface area contributed by atoms with Gasteiger partial charge in [0.25, 0.3) is 0 Å². The number of carbonyl (C=O) groups excluding carboxylic acids is 2. The normalized spacial score (nSPS) is 12.3. The van der Waals surface area contributed by atoms with Gasteiger partial charge in [0.05, 0.1) is 0 Å². The first-order valence-electron chi connectivity index (χ1n) is 12.0. The van der Waals surface area contributed by atoms with Crippen LogP contribution < -0.4 is 10.1 Å². The predicted octanol–water partition coefficient (Wildman–Crippen LogP) is 6.98. The highest BCUT2D eigenvalue weighted by Crippen LogP contribution is 2.30. The van der Waals surface area contributed by atoms with Crippen LogP contribution >= 0.6 is 69.6 Å². The second-order valence-corrected chi connectivity index (χ2v) is 16.1. The lowest BCUT2D eigenvalue weighted by atomic mass is 10.0. The van der Waals surface area contributed by atoms with Crippen molar-refractivity contribution in [3.63, 3.8) is 0 Å². The number of sulfonamides is 1. The van der Waals surface area contributed by atoms with Crippen LogP contribution in [0.4, 0.5) is 9.59 Å². The van der Waals surface area contributed by atoms with Crippen LogP contribution in [0.5, 0.6) is 5.75 Å². The Morgan fingerprint density at radius 1 is 0.952 bits per heavy atom. The number of amidine groups is 1. The zero-order valence-electron chi connectivity index (χ0n) is 22.4. The number of alkyl halides is 6. The molecule has 0 aliphatic rings. The lowest BCUT2D eigenvalue weighted by Gasteiger charge is -2.20. The van der Waals surface area contributed by atoms with Crippen molar-refractivity contribution in [2.45, 2.75) is 38.7 Å². The van der Waals surface area contributed by atoms with Crippen LogP contribution in [0.15, 0.2) is 47.4 Å². The zero-order valence-corrected chi connectivity index (χ0v) is 27.8. The van der Waals surface area contributed by atoms with E-state index < -0.39 is 59.6 Å². The van der Waals surface area contributed by atoms with E-state index in [-0.39, 0.29) is 12.1 Å². The molecular weight excluding hydrogens is 699 g/mol. The van der Waals surface area contributed by atoms with Gasteiger partial charge in [0.2, 0.25) is 17.6 Å². The molecule has 10 nitrogen and oxygen atoms in total. The number of carbonyl (C=O) groups is 2. The van der Waals surface area contributed by atoms with E-state index in [1.54, 1.807) is 0 Å². The minimum Gasteiger partial charge on any atom is -0.445 e. The molecule has 0 saturated heterocycles. The van der Waals surface area contributed by atoms with Crippen LogP contribution in [0, 0.1) is 5.41 Å². The molecule has 0 radical (unpaired) electrons. The molecular formula is C25H27Cl6N3O7S. The van der Waals surface area contributed by atoms with Crippen LogP contribution in [-0.2, 0) is 25.9 Å². The Balaban J connectivity index is 2.32. The molecule has 0 aliphatic heterocycles. The van der Waals surface area contributed by atoms with Gasteiger partial charge >= 0.3 is 12.2 Å². The van der Waals surface area contributed by atoms with E-state index in [9.17, 15) is 18.0 Å². The SMILES string of the molecule is CC(C)c1ccc(CCN(C)S(=O)(=O)c2cc(C(=N)NC(=O)OCC(Cl)(Cl)Cl)ccc2OC(=O)OCC(Cl)(Cl)Cl)cc1. The summed E-state index contributed by atoms with van der Waals surface area (Å²) in [6.45, 7) is 2.92. The van der Waals surface area contributed by atoms with E-state index in [0.717, 1.165) is 27.6 Å². The first-order chi connectivity index (χ1) is 19.3. The Morgan fingerprint density at radius 2 is 1.52 bits per heavy atom. The number of nitrogens with zero attached hydrogens (tertiary/aromatic N) is 1. The fourth-order valence-corrected chi connectivity index (χ4v) is 4.85. The minimum absolute atomic E-state index is 0.0593. The molecule has 0 heterocycles. The fourth-order valence-electron chi connectivity index (χ4n) is 3.21. The van der Waals surface area contributed by atoms with E-state index in [4.69, 9.17) is 89.2 Å². The van der Waals surface area contributed by atoms with Crippen LogP contribution in [0.3, 0.4) is 0 Å². The predicted molar refractivity (Wildman–Crippen MR) is 164 cm³/mol. The number of halogens is 6. The Labute approximate surface area is 273 Å². The van der Waals surface area contributed by atoms with Crippen molar-refractivity contribution < 1.29 is 32.2 Å². The molecule has 232 valence electrons. The summed E-state index contributed by atoms with van der Waals surface area (Å²) in [4.78, 5) is 23.7. The van der Waals surface area contributed by atoms with E-state index >= 15 is 0 Å². The molecule has 0 saturated carbocycles. The molecule has 0 bridgehead atoms. The molecule has 2 rings (SSSR count). The Kier molecular flexibility index (Phi) is 13.3. The smallest absolute Gasteiger partial charge is 0.445 e. The van der Waals surface area contributed by atoms with Gasteiger partial charge in [-0.1, -0.05) is 108 Å². The summed E-state index contributed by atoms with van der Waals surface area (Å²) in [5.74, 6) is -0.648. The molecule has 1 amide bonds. The van der Waals surface area contributed by atoms with Gasteiger partial charge in [-0.3, -0.25) is 10.7 Å². The van der Waals surface area contributed by atoms with Gasteiger partial charge < -0.3 is 14.2 Å². The molecule has 0 fully saturated rings. The number of amides is 1. The second kappa shape index (κ2) is 15.3. The number of likely N-dealkylation sites (N-methyl/N-ethyl adjacent to an activating group) is 1. The van der Waals surface area contributed by atoms with Crippen molar-refractivity contribution in [2.75, 3.05) is 26.8 Å². The zero-order chi connectivity index (χ0) is 31.9. The van der Waals surface area contributed by atoms with Crippen molar-refractivity contribution in [1.82, 2.24) is 9.62 Å². The summed E-state index contributed by atoms with van der Waals surface area (Å²) in [7, 11) is -2.99. The van der Waals surface area contributed by atoms with Crippen molar-refractivity contribution in [1.29, 1.82) is 5.41 Å². The van der Waals surface area contributed by atoms with E-state index in [1.165, 1.54) is 13.1 Å². The van der Waals surface area contributed by atoms with Gasteiger partial charge in [-0.15, -0.1) is 0 Å². The molecule has 17 heteroatoms. The Morgan fingerprint density at radius 3 is 2.07 bits per heavy atom. The number of alkyl carbamates (subject to hydrolysis) is 1. The number of ether oxygens (including phenoxy) is 3. The van der Waals surface area contributed by atoms with Crippen molar-refractivity contribution in [3.8, 4) is 5.75 Å².